The van der Waals surface area contributed by atoms with E-state index in [-0.39, 0.29) is 18.9 Å². The number of nitrogens with one attached hydrogen (secondary N) is 2. The number of hydrogen-bond acceptors (Lipinski definition) is 4. The lowest BCUT2D eigenvalue weighted by Gasteiger charge is -2.20. The molecule has 3 N–H and O–H groups in total. The molecule has 0 bridgehead atoms. The number of halogens is 2. The van der Waals surface area contributed by atoms with Crippen LogP contribution in [0.5, 0.6) is 0 Å². The fraction of sp³-hybridized carbons (Fsp3) is 0.320. The largest absolute Gasteiger partial charge is 0.480 e. The maximum absolute atomic E-state index is 12.6. The summed E-state index contributed by atoms with van der Waals surface area (Å²) in [6, 6.07) is 12.5. The number of carbonyl (C=O) groups is 3. The van der Waals surface area contributed by atoms with Gasteiger partial charge in [0.1, 0.15) is 18.7 Å². The van der Waals surface area contributed by atoms with Crippen molar-refractivity contribution >= 4 is 18.0 Å². The van der Waals surface area contributed by atoms with E-state index < -0.39 is 42.9 Å². The van der Waals surface area contributed by atoms with Crippen LogP contribution in [0.15, 0.2) is 48.5 Å². The zero-order valence-corrected chi connectivity index (χ0v) is 18.4. The highest BCUT2D eigenvalue weighted by Gasteiger charge is 2.31. The van der Waals surface area contributed by atoms with E-state index in [0.717, 1.165) is 22.3 Å². The predicted molar refractivity (Wildman–Crippen MR) is 120 cm³/mol. The van der Waals surface area contributed by atoms with Gasteiger partial charge in [-0.25, -0.2) is 18.4 Å². The van der Waals surface area contributed by atoms with E-state index in [2.05, 4.69) is 17.2 Å². The Labute approximate surface area is 195 Å². The molecule has 0 spiro atoms. The molecular weight excluding hydrogens is 446 g/mol. The number of alkyl carbamates (subject to hydrolysis) is 1. The van der Waals surface area contributed by atoms with Gasteiger partial charge in [-0.3, -0.25) is 4.79 Å². The molecule has 34 heavy (non-hydrogen) atoms. The quantitative estimate of drug-likeness (QED) is 0.487. The fourth-order valence-electron chi connectivity index (χ4n) is 3.87. The lowest BCUT2D eigenvalue weighted by Crippen LogP contribution is -2.52. The van der Waals surface area contributed by atoms with Crippen molar-refractivity contribution in [1.82, 2.24) is 10.6 Å². The van der Waals surface area contributed by atoms with Gasteiger partial charge in [0.05, 0.1) is 0 Å². The molecule has 2 amide bonds. The highest BCUT2D eigenvalue weighted by molar-refractivity contribution is 5.89. The standard InChI is InChI=1S/C25H24F2N2O5/c1-2-3-12-20(23(30)28-21(24(31)32)13-22(26)27)29-25(33)34-14-19-17-10-6-4-8-15(17)16-9-5-7-11-18(16)19/h4-11,19-22H,12-14H2,1H3,(H,28,30)(H,29,33)(H,31,32). The number of carbonyl (C=O) groups excluding carboxylic acids is 2. The first kappa shape index (κ1) is 24.7. The minimum atomic E-state index is -2.93. The molecule has 178 valence electrons. The Bertz CT molecular complexity index is 1080. The average molecular weight is 470 g/mol. The molecule has 0 aliphatic heterocycles. The third kappa shape index (κ3) is 5.90. The molecule has 1 aliphatic carbocycles. The van der Waals surface area contributed by atoms with Crippen LogP contribution in [0.25, 0.3) is 11.1 Å². The van der Waals surface area contributed by atoms with Gasteiger partial charge in [-0.2, -0.15) is 0 Å². The van der Waals surface area contributed by atoms with E-state index in [1.165, 1.54) is 6.92 Å². The van der Waals surface area contributed by atoms with Crippen LogP contribution < -0.4 is 10.6 Å². The van der Waals surface area contributed by atoms with Crippen LogP contribution in [-0.4, -0.2) is 48.2 Å². The second kappa shape index (κ2) is 11.3. The molecule has 3 rings (SSSR count). The second-order valence-electron chi connectivity index (χ2n) is 7.68. The van der Waals surface area contributed by atoms with Crippen LogP contribution in [-0.2, 0) is 14.3 Å². The molecule has 0 saturated carbocycles. The first-order valence-electron chi connectivity index (χ1n) is 10.6. The topological polar surface area (TPSA) is 105 Å². The van der Waals surface area contributed by atoms with Crippen LogP contribution in [0.1, 0.15) is 36.8 Å². The number of aliphatic carboxylic acids is 1. The van der Waals surface area contributed by atoms with Crippen molar-refractivity contribution in [2.45, 2.75) is 44.2 Å². The molecule has 0 radical (unpaired) electrons. The SMILES string of the molecule is CC#CCC(NC(=O)OCC1c2ccccc2-c2ccccc21)C(=O)NC(CC(F)F)C(=O)O. The van der Waals surface area contributed by atoms with E-state index in [1.54, 1.807) is 0 Å². The molecule has 2 aromatic carbocycles. The summed E-state index contributed by atoms with van der Waals surface area (Å²) < 4.78 is 30.7. The normalized spacial score (nSPS) is 13.6. The summed E-state index contributed by atoms with van der Waals surface area (Å²) in [5.74, 6) is 2.47. The first-order chi connectivity index (χ1) is 16.3. The van der Waals surface area contributed by atoms with Crippen molar-refractivity contribution in [3.8, 4) is 23.0 Å². The number of carboxylic acid groups (broad SMARTS) is 1. The number of hydrogen-bond donors (Lipinski definition) is 3. The Kier molecular flexibility index (Phi) is 8.19. The van der Waals surface area contributed by atoms with E-state index in [0.29, 0.717) is 0 Å². The Morgan fingerprint density at radius 2 is 1.59 bits per heavy atom. The van der Waals surface area contributed by atoms with Crippen LogP contribution in [0, 0.1) is 11.8 Å². The number of amides is 2. The Morgan fingerprint density at radius 3 is 2.12 bits per heavy atom. The third-order valence-electron chi connectivity index (χ3n) is 5.46. The molecule has 0 fully saturated rings. The number of benzene rings is 2. The zero-order chi connectivity index (χ0) is 24.7. The van der Waals surface area contributed by atoms with Gasteiger partial charge in [-0.15, -0.1) is 11.8 Å². The van der Waals surface area contributed by atoms with Crippen LogP contribution in [0.4, 0.5) is 13.6 Å². The average Bonchev–Trinajstić information content (AvgIpc) is 3.13. The molecule has 7 nitrogen and oxygen atoms in total. The first-order valence-corrected chi connectivity index (χ1v) is 10.6. The maximum atomic E-state index is 12.6. The Balaban J connectivity index is 1.67. The second-order valence-corrected chi connectivity index (χ2v) is 7.68. The summed E-state index contributed by atoms with van der Waals surface area (Å²) in [5.41, 5.74) is 4.14. The fourth-order valence-corrected chi connectivity index (χ4v) is 3.87. The van der Waals surface area contributed by atoms with Crippen molar-refractivity contribution in [2.75, 3.05) is 6.61 Å². The van der Waals surface area contributed by atoms with Crippen molar-refractivity contribution in [3.63, 3.8) is 0 Å². The predicted octanol–water partition coefficient (Wildman–Crippen LogP) is 3.53. The number of rotatable bonds is 9. The van der Waals surface area contributed by atoms with Crippen LogP contribution in [0.2, 0.25) is 0 Å². The smallest absolute Gasteiger partial charge is 0.407 e. The van der Waals surface area contributed by atoms with Gasteiger partial charge in [-0.05, 0) is 29.2 Å². The van der Waals surface area contributed by atoms with Crippen molar-refractivity contribution < 1.29 is 33.0 Å². The number of fused-ring (bicyclic) bond motifs is 3. The number of carboxylic acids is 1. The molecule has 2 unspecified atom stereocenters. The summed E-state index contributed by atoms with van der Waals surface area (Å²) in [4.78, 5) is 36.2. The van der Waals surface area contributed by atoms with Gasteiger partial charge >= 0.3 is 12.1 Å². The summed E-state index contributed by atoms with van der Waals surface area (Å²) in [5, 5.41) is 13.5. The molecular formula is C25H24F2N2O5. The summed E-state index contributed by atoms with van der Waals surface area (Å²) in [6.07, 6.45) is -5.03. The van der Waals surface area contributed by atoms with Gasteiger partial charge < -0.3 is 20.5 Å². The molecule has 0 heterocycles. The van der Waals surface area contributed by atoms with Crippen LogP contribution in [0.3, 0.4) is 0 Å². The highest BCUT2D eigenvalue weighted by Crippen LogP contribution is 2.44. The lowest BCUT2D eigenvalue weighted by molar-refractivity contribution is -0.143. The maximum Gasteiger partial charge on any atom is 0.407 e. The summed E-state index contributed by atoms with van der Waals surface area (Å²) in [7, 11) is 0. The van der Waals surface area contributed by atoms with Gasteiger partial charge in [0.2, 0.25) is 12.3 Å². The van der Waals surface area contributed by atoms with Gasteiger partial charge in [-0.1, -0.05) is 48.5 Å². The van der Waals surface area contributed by atoms with E-state index in [4.69, 9.17) is 9.84 Å². The molecule has 2 aromatic rings. The monoisotopic (exact) mass is 470 g/mol. The molecule has 2 atom stereocenters. The minimum absolute atomic E-state index is 0.0107. The number of alkyl halides is 2. The zero-order valence-electron chi connectivity index (χ0n) is 18.4. The van der Waals surface area contributed by atoms with E-state index >= 15 is 0 Å². The van der Waals surface area contributed by atoms with Crippen LogP contribution >= 0.6 is 0 Å². The van der Waals surface area contributed by atoms with E-state index in [9.17, 15) is 23.2 Å². The third-order valence-corrected chi connectivity index (χ3v) is 5.46. The minimum Gasteiger partial charge on any atom is -0.480 e. The van der Waals surface area contributed by atoms with E-state index in [1.807, 2.05) is 53.8 Å². The Morgan fingerprint density at radius 1 is 1.00 bits per heavy atom. The lowest BCUT2D eigenvalue weighted by atomic mass is 9.98. The van der Waals surface area contributed by atoms with Gasteiger partial charge in [0.15, 0.2) is 0 Å². The van der Waals surface area contributed by atoms with Gasteiger partial charge in [0, 0.05) is 18.8 Å². The molecule has 0 aromatic heterocycles. The summed E-state index contributed by atoms with van der Waals surface area (Å²) in [6.45, 7) is 1.54. The van der Waals surface area contributed by atoms with Crippen molar-refractivity contribution in [1.29, 1.82) is 0 Å². The highest BCUT2D eigenvalue weighted by atomic mass is 19.3. The molecule has 0 saturated heterocycles. The Hall–Kier alpha value is -3.93. The van der Waals surface area contributed by atoms with Crippen molar-refractivity contribution in [2.24, 2.45) is 0 Å². The molecule has 1 aliphatic rings. The van der Waals surface area contributed by atoms with Crippen molar-refractivity contribution in [3.05, 3.63) is 59.7 Å². The molecule has 9 heteroatoms. The van der Waals surface area contributed by atoms with Gasteiger partial charge in [0.25, 0.3) is 0 Å². The summed E-state index contributed by atoms with van der Waals surface area (Å²) >= 11 is 0. The number of ether oxygens (including phenoxy) is 1.